The number of benzene rings is 1. The van der Waals surface area contributed by atoms with Crippen LogP contribution < -0.4 is 5.32 Å². The van der Waals surface area contributed by atoms with Crippen molar-refractivity contribution in [3.8, 4) is 0 Å². The van der Waals surface area contributed by atoms with E-state index in [0.29, 0.717) is 22.8 Å². The number of aromatic nitrogens is 2. The molecule has 0 aliphatic rings. The first-order chi connectivity index (χ1) is 12.8. The standard InChI is InChI=1S/C20H19Cl2N3O2/c1-12-9-17(13(2)25(12)11-14-3-5-15(21)6-4-14)19(26)20(27)24-16-7-8-23-18(22)10-16/h3-10,19,26H,11H2,1-2H3,(H,23,24,27). The second-order valence-corrected chi connectivity index (χ2v) is 7.12. The normalized spacial score (nSPS) is 12.0. The highest BCUT2D eigenvalue weighted by molar-refractivity contribution is 6.30. The van der Waals surface area contributed by atoms with E-state index in [4.69, 9.17) is 23.2 Å². The summed E-state index contributed by atoms with van der Waals surface area (Å²) in [6.45, 7) is 4.46. The molecule has 0 saturated heterocycles. The van der Waals surface area contributed by atoms with Crippen LogP contribution in [0.15, 0.2) is 48.7 Å². The lowest BCUT2D eigenvalue weighted by molar-refractivity contribution is -0.124. The highest BCUT2D eigenvalue weighted by Gasteiger charge is 2.23. The van der Waals surface area contributed by atoms with Crippen LogP contribution in [0.25, 0.3) is 0 Å². The molecule has 5 nitrogen and oxygen atoms in total. The monoisotopic (exact) mass is 403 g/mol. The van der Waals surface area contributed by atoms with Crippen molar-refractivity contribution >= 4 is 34.8 Å². The molecule has 27 heavy (non-hydrogen) atoms. The number of halogens is 2. The molecule has 0 aliphatic heterocycles. The lowest BCUT2D eigenvalue weighted by atomic mass is 10.1. The molecule has 2 heterocycles. The van der Waals surface area contributed by atoms with Crippen LogP contribution in [0.5, 0.6) is 0 Å². The number of rotatable bonds is 5. The maximum Gasteiger partial charge on any atom is 0.257 e. The summed E-state index contributed by atoms with van der Waals surface area (Å²) < 4.78 is 2.05. The molecule has 2 aromatic heterocycles. The minimum Gasteiger partial charge on any atom is -0.378 e. The third-order valence-electron chi connectivity index (χ3n) is 4.40. The highest BCUT2D eigenvalue weighted by atomic mass is 35.5. The number of hydrogen-bond acceptors (Lipinski definition) is 3. The number of hydrogen-bond donors (Lipinski definition) is 2. The van der Waals surface area contributed by atoms with Crippen molar-refractivity contribution in [1.29, 1.82) is 0 Å². The van der Waals surface area contributed by atoms with E-state index in [0.717, 1.165) is 17.0 Å². The lowest BCUT2D eigenvalue weighted by Crippen LogP contribution is -2.21. The predicted molar refractivity (Wildman–Crippen MR) is 107 cm³/mol. The Kier molecular flexibility index (Phi) is 5.85. The fourth-order valence-electron chi connectivity index (χ4n) is 2.95. The average molecular weight is 404 g/mol. The molecule has 0 radical (unpaired) electrons. The second kappa shape index (κ2) is 8.13. The molecule has 0 aliphatic carbocycles. The van der Waals surface area contributed by atoms with Crippen molar-refractivity contribution in [2.24, 2.45) is 0 Å². The number of carbonyl (C=O) groups excluding carboxylic acids is 1. The summed E-state index contributed by atoms with van der Waals surface area (Å²) >= 11 is 11.8. The Bertz CT molecular complexity index is 968. The summed E-state index contributed by atoms with van der Waals surface area (Å²) in [4.78, 5) is 16.3. The van der Waals surface area contributed by atoms with E-state index in [2.05, 4.69) is 14.9 Å². The first-order valence-corrected chi connectivity index (χ1v) is 9.12. The van der Waals surface area contributed by atoms with E-state index in [-0.39, 0.29) is 5.15 Å². The fraction of sp³-hybridized carbons (Fsp3) is 0.200. The van der Waals surface area contributed by atoms with Crippen LogP contribution in [0, 0.1) is 13.8 Å². The van der Waals surface area contributed by atoms with Gasteiger partial charge in [0.15, 0.2) is 6.10 Å². The molecule has 1 aromatic carbocycles. The molecule has 1 amide bonds. The quantitative estimate of drug-likeness (QED) is 0.615. The van der Waals surface area contributed by atoms with Crippen LogP contribution >= 0.6 is 23.2 Å². The van der Waals surface area contributed by atoms with Crippen molar-refractivity contribution in [2.45, 2.75) is 26.5 Å². The highest BCUT2D eigenvalue weighted by Crippen LogP contribution is 2.25. The van der Waals surface area contributed by atoms with Crippen molar-refractivity contribution in [2.75, 3.05) is 5.32 Å². The van der Waals surface area contributed by atoms with E-state index in [1.54, 1.807) is 6.07 Å². The molecular formula is C20H19Cl2N3O2. The summed E-state index contributed by atoms with van der Waals surface area (Å²) in [6.07, 6.45) is 0.199. The number of pyridine rings is 1. The third kappa shape index (κ3) is 4.50. The number of amides is 1. The van der Waals surface area contributed by atoms with Crippen molar-refractivity contribution in [3.63, 3.8) is 0 Å². The van der Waals surface area contributed by atoms with Gasteiger partial charge in [-0.2, -0.15) is 0 Å². The van der Waals surface area contributed by atoms with Gasteiger partial charge in [0, 0.05) is 40.4 Å². The van der Waals surface area contributed by atoms with Crippen LogP contribution in [0.3, 0.4) is 0 Å². The summed E-state index contributed by atoms with van der Waals surface area (Å²) in [6, 6.07) is 12.6. The Morgan fingerprint density at radius 1 is 1.19 bits per heavy atom. The number of carbonyl (C=O) groups is 1. The Morgan fingerprint density at radius 2 is 1.89 bits per heavy atom. The van der Waals surface area contributed by atoms with Crippen LogP contribution in [0.4, 0.5) is 5.69 Å². The number of nitrogens with one attached hydrogen (secondary N) is 1. The Balaban J connectivity index is 1.80. The SMILES string of the molecule is Cc1cc(C(O)C(=O)Nc2ccnc(Cl)c2)c(C)n1Cc1ccc(Cl)cc1. The lowest BCUT2D eigenvalue weighted by Gasteiger charge is -2.13. The molecule has 1 atom stereocenters. The molecule has 0 bridgehead atoms. The summed E-state index contributed by atoms with van der Waals surface area (Å²) in [5, 5.41) is 14.2. The van der Waals surface area contributed by atoms with Crippen molar-refractivity contribution in [1.82, 2.24) is 9.55 Å². The van der Waals surface area contributed by atoms with Crippen LogP contribution in [-0.4, -0.2) is 20.6 Å². The van der Waals surface area contributed by atoms with Gasteiger partial charge in [-0.05, 0) is 49.7 Å². The minimum atomic E-state index is -1.29. The first kappa shape index (κ1) is 19.4. The smallest absolute Gasteiger partial charge is 0.257 e. The maximum atomic E-state index is 12.4. The summed E-state index contributed by atoms with van der Waals surface area (Å²) in [7, 11) is 0. The van der Waals surface area contributed by atoms with E-state index in [9.17, 15) is 9.90 Å². The number of aliphatic hydroxyl groups is 1. The van der Waals surface area contributed by atoms with Gasteiger partial charge < -0.3 is 15.0 Å². The third-order valence-corrected chi connectivity index (χ3v) is 4.86. The molecule has 3 aromatic rings. The average Bonchev–Trinajstić information content (AvgIpc) is 2.91. The zero-order valence-corrected chi connectivity index (χ0v) is 16.4. The molecule has 2 N–H and O–H groups in total. The van der Waals surface area contributed by atoms with Gasteiger partial charge in [-0.3, -0.25) is 4.79 Å². The van der Waals surface area contributed by atoms with Gasteiger partial charge in [0.1, 0.15) is 5.15 Å². The van der Waals surface area contributed by atoms with Gasteiger partial charge in [-0.1, -0.05) is 35.3 Å². The van der Waals surface area contributed by atoms with E-state index < -0.39 is 12.0 Å². The topological polar surface area (TPSA) is 67.2 Å². The van der Waals surface area contributed by atoms with Crippen LogP contribution in [0.1, 0.15) is 28.6 Å². The number of aryl methyl sites for hydroxylation is 1. The van der Waals surface area contributed by atoms with Crippen molar-refractivity contribution < 1.29 is 9.90 Å². The van der Waals surface area contributed by atoms with E-state index in [1.165, 1.54) is 12.3 Å². The molecule has 0 spiro atoms. The van der Waals surface area contributed by atoms with Crippen LogP contribution in [-0.2, 0) is 11.3 Å². The van der Waals surface area contributed by atoms with E-state index >= 15 is 0 Å². The first-order valence-electron chi connectivity index (χ1n) is 8.36. The van der Waals surface area contributed by atoms with Gasteiger partial charge >= 0.3 is 0 Å². The zero-order valence-electron chi connectivity index (χ0n) is 14.9. The predicted octanol–water partition coefficient (Wildman–Crippen LogP) is 4.53. The largest absolute Gasteiger partial charge is 0.378 e. The molecular weight excluding hydrogens is 385 g/mol. The molecule has 7 heteroatoms. The van der Waals surface area contributed by atoms with Gasteiger partial charge in [-0.25, -0.2) is 4.98 Å². The van der Waals surface area contributed by atoms with Gasteiger partial charge in [0.2, 0.25) is 0 Å². The Hall–Kier alpha value is -2.34. The summed E-state index contributed by atoms with van der Waals surface area (Å²) in [5.41, 5.74) is 3.92. The van der Waals surface area contributed by atoms with Gasteiger partial charge in [0.25, 0.3) is 5.91 Å². The number of anilines is 1. The Labute approximate surface area is 167 Å². The van der Waals surface area contributed by atoms with Gasteiger partial charge in [-0.15, -0.1) is 0 Å². The van der Waals surface area contributed by atoms with Crippen LogP contribution in [0.2, 0.25) is 10.2 Å². The second-order valence-electron chi connectivity index (χ2n) is 6.30. The number of aliphatic hydroxyl groups excluding tert-OH is 1. The van der Waals surface area contributed by atoms with Crippen molar-refractivity contribution in [3.05, 3.63) is 81.4 Å². The summed E-state index contributed by atoms with van der Waals surface area (Å²) in [5.74, 6) is -0.524. The maximum absolute atomic E-state index is 12.4. The molecule has 0 fully saturated rings. The molecule has 0 saturated carbocycles. The molecule has 3 rings (SSSR count). The Morgan fingerprint density at radius 3 is 2.56 bits per heavy atom. The fourth-order valence-corrected chi connectivity index (χ4v) is 3.25. The van der Waals surface area contributed by atoms with Gasteiger partial charge in [0.05, 0.1) is 0 Å². The van der Waals surface area contributed by atoms with E-state index in [1.807, 2.05) is 44.2 Å². The number of nitrogens with zero attached hydrogens (tertiary/aromatic N) is 2. The minimum absolute atomic E-state index is 0.267. The zero-order chi connectivity index (χ0) is 19.6. The molecule has 1 unspecified atom stereocenters. The molecule has 140 valence electrons.